The van der Waals surface area contributed by atoms with Gasteiger partial charge in [-0.3, -0.25) is 9.78 Å². The fourth-order valence-electron chi connectivity index (χ4n) is 4.25. The molecule has 2 heterocycles. The first kappa shape index (κ1) is 24.5. The first-order valence-corrected chi connectivity index (χ1v) is 11.8. The maximum absolute atomic E-state index is 13.3. The predicted octanol–water partition coefficient (Wildman–Crippen LogP) is 6.30. The van der Waals surface area contributed by atoms with Gasteiger partial charge in [-0.25, -0.2) is 0 Å². The Morgan fingerprint density at radius 2 is 1.88 bits per heavy atom. The number of nitrogens with zero attached hydrogens (tertiary/aromatic N) is 1. The first-order valence-electron chi connectivity index (χ1n) is 11.0. The number of hydrogen-bond acceptors (Lipinski definition) is 5. The Kier molecular flexibility index (Phi) is 8.94. The lowest BCUT2D eigenvalue weighted by atomic mass is 9.88. The van der Waals surface area contributed by atoms with Gasteiger partial charge in [-0.05, 0) is 57.1 Å². The summed E-state index contributed by atoms with van der Waals surface area (Å²) in [6, 6.07) is 3.58. The number of ketones is 2. The molecule has 7 heteroatoms. The number of benzene rings is 1. The maximum Gasteiger partial charge on any atom is 0.167 e. The lowest BCUT2D eigenvalue weighted by Crippen LogP contribution is -2.14. The lowest BCUT2D eigenvalue weighted by molar-refractivity contribution is -0.117. The van der Waals surface area contributed by atoms with Crippen molar-refractivity contribution in [3.63, 3.8) is 0 Å². The molecular formula is C25H29Cl2NO4. The Bertz CT molecular complexity index is 956. The van der Waals surface area contributed by atoms with E-state index in [-0.39, 0.29) is 18.0 Å². The molecule has 172 valence electrons. The molecule has 1 atom stereocenters. The Labute approximate surface area is 199 Å². The van der Waals surface area contributed by atoms with Crippen molar-refractivity contribution in [1.82, 2.24) is 4.98 Å². The molecule has 0 saturated carbocycles. The molecular weight excluding hydrogens is 449 g/mol. The standard InChI is InChI=1S/C25H29Cl2NO4/c1-16(29)8-9-17-5-3-7-19-18(10-11-24(31-2)25(19)32-12-4-6-17)23(30)13-20-21(26)14-28-15-22(20)27/h10-11,14-15,17H,3-9,12-13H2,1-2H3. The monoisotopic (exact) mass is 477 g/mol. The van der Waals surface area contributed by atoms with Crippen LogP contribution < -0.4 is 9.47 Å². The van der Waals surface area contributed by atoms with Crippen molar-refractivity contribution in [3.05, 3.63) is 51.3 Å². The minimum Gasteiger partial charge on any atom is -0.493 e. The van der Waals surface area contributed by atoms with Crippen molar-refractivity contribution in [1.29, 1.82) is 0 Å². The Morgan fingerprint density at radius 1 is 1.16 bits per heavy atom. The largest absolute Gasteiger partial charge is 0.493 e. The van der Waals surface area contributed by atoms with Gasteiger partial charge in [0.1, 0.15) is 5.78 Å². The van der Waals surface area contributed by atoms with Crippen molar-refractivity contribution in [2.24, 2.45) is 5.92 Å². The van der Waals surface area contributed by atoms with E-state index >= 15 is 0 Å². The molecule has 2 aromatic rings. The van der Waals surface area contributed by atoms with Gasteiger partial charge in [0.2, 0.25) is 0 Å². The van der Waals surface area contributed by atoms with Crippen LogP contribution >= 0.6 is 23.2 Å². The number of halogens is 2. The number of rotatable bonds is 7. The number of hydrogen-bond donors (Lipinski definition) is 0. The Balaban J connectivity index is 1.87. The average molecular weight is 478 g/mol. The molecule has 0 saturated heterocycles. The quantitative estimate of drug-likeness (QED) is 0.437. The van der Waals surface area contributed by atoms with E-state index in [0.29, 0.717) is 58.0 Å². The van der Waals surface area contributed by atoms with Crippen LogP contribution in [0.2, 0.25) is 10.0 Å². The van der Waals surface area contributed by atoms with Gasteiger partial charge in [0.15, 0.2) is 17.3 Å². The van der Waals surface area contributed by atoms with Crippen molar-refractivity contribution < 1.29 is 19.1 Å². The fraction of sp³-hybridized carbons (Fsp3) is 0.480. The topological polar surface area (TPSA) is 65.5 Å². The summed E-state index contributed by atoms with van der Waals surface area (Å²) in [6.45, 7) is 2.19. The number of Topliss-reactive ketones (excluding diaryl/α,β-unsaturated/α-hetero) is 2. The van der Waals surface area contributed by atoms with E-state index in [0.717, 1.165) is 37.7 Å². The van der Waals surface area contributed by atoms with E-state index < -0.39 is 0 Å². The lowest BCUT2D eigenvalue weighted by Gasteiger charge is -2.22. The number of aromatic nitrogens is 1. The molecule has 1 unspecified atom stereocenters. The number of methoxy groups -OCH3 is 1. The minimum atomic E-state index is -0.0762. The third-order valence-corrected chi connectivity index (χ3v) is 6.63. The van der Waals surface area contributed by atoms with Crippen molar-refractivity contribution in [2.45, 2.75) is 58.3 Å². The van der Waals surface area contributed by atoms with Crippen molar-refractivity contribution in [3.8, 4) is 11.5 Å². The summed E-state index contributed by atoms with van der Waals surface area (Å²) in [7, 11) is 1.60. The van der Waals surface area contributed by atoms with E-state index in [4.69, 9.17) is 32.7 Å². The molecule has 0 amide bonds. The first-order chi connectivity index (χ1) is 15.4. The molecule has 1 aromatic heterocycles. The Hall–Kier alpha value is -2.11. The fourth-order valence-corrected chi connectivity index (χ4v) is 4.75. The van der Waals surface area contributed by atoms with Crippen molar-refractivity contribution >= 4 is 34.8 Å². The van der Waals surface area contributed by atoms with E-state index in [1.165, 1.54) is 12.4 Å². The molecule has 0 spiro atoms. The van der Waals surface area contributed by atoms with E-state index in [1.807, 2.05) is 0 Å². The summed E-state index contributed by atoms with van der Waals surface area (Å²) in [6.07, 6.45) is 9.14. The van der Waals surface area contributed by atoms with Gasteiger partial charge >= 0.3 is 0 Å². The normalized spacial score (nSPS) is 16.6. The number of fused-ring (bicyclic) bond motifs is 1. The summed E-state index contributed by atoms with van der Waals surface area (Å²) >= 11 is 12.5. The molecule has 1 aliphatic rings. The van der Waals surface area contributed by atoms with Crippen molar-refractivity contribution in [2.75, 3.05) is 13.7 Å². The molecule has 0 aliphatic carbocycles. The minimum absolute atomic E-state index is 0.0762. The van der Waals surface area contributed by atoms with E-state index in [2.05, 4.69) is 4.98 Å². The molecule has 0 N–H and O–H groups in total. The van der Waals surface area contributed by atoms with Crippen LogP contribution in [0.3, 0.4) is 0 Å². The second-order valence-corrected chi connectivity index (χ2v) is 9.11. The molecule has 0 radical (unpaired) electrons. The van der Waals surface area contributed by atoms with Gasteiger partial charge in [0, 0.05) is 41.9 Å². The molecule has 3 rings (SSSR count). The summed E-state index contributed by atoms with van der Waals surface area (Å²) in [4.78, 5) is 28.7. The molecule has 0 fully saturated rings. The molecule has 32 heavy (non-hydrogen) atoms. The zero-order chi connectivity index (χ0) is 23.1. The SMILES string of the molecule is COc1ccc(C(=O)Cc2c(Cl)cncc2Cl)c2c1OCCCC(CCC(C)=O)CCC2. The highest BCUT2D eigenvalue weighted by molar-refractivity contribution is 6.36. The van der Waals surface area contributed by atoms with Gasteiger partial charge in [0.05, 0.1) is 23.8 Å². The van der Waals surface area contributed by atoms with Gasteiger partial charge < -0.3 is 14.3 Å². The maximum atomic E-state index is 13.3. The Morgan fingerprint density at radius 3 is 2.56 bits per heavy atom. The summed E-state index contributed by atoms with van der Waals surface area (Å²) in [5, 5.41) is 0.750. The number of carbonyl (C=O) groups is 2. The van der Waals surface area contributed by atoms with Crippen LogP contribution in [-0.4, -0.2) is 30.3 Å². The summed E-state index contributed by atoms with van der Waals surface area (Å²) in [5.74, 6) is 1.92. The summed E-state index contributed by atoms with van der Waals surface area (Å²) < 4.78 is 11.7. The molecule has 1 aliphatic heterocycles. The summed E-state index contributed by atoms with van der Waals surface area (Å²) in [5.41, 5.74) is 2.04. The number of ether oxygens (including phenoxy) is 2. The van der Waals surface area contributed by atoms with Crippen LogP contribution in [0.5, 0.6) is 11.5 Å². The third-order valence-electron chi connectivity index (χ3n) is 5.98. The average Bonchev–Trinajstić information content (AvgIpc) is 2.77. The highest BCUT2D eigenvalue weighted by atomic mass is 35.5. The van der Waals surface area contributed by atoms with Gasteiger partial charge in [0.25, 0.3) is 0 Å². The number of pyridine rings is 1. The third kappa shape index (κ3) is 6.23. The van der Waals surface area contributed by atoms with Crippen LogP contribution in [0, 0.1) is 5.92 Å². The zero-order valence-corrected chi connectivity index (χ0v) is 20.1. The van der Waals surface area contributed by atoms with Crippen LogP contribution in [0.4, 0.5) is 0 Å². The molecule has 5 nitrogen and oxygen atoms in total. The number of carbonyl (C=O) groups excluding carboxylic acids is 2. The molecule has 1 aromatic carbocycles. The van der Waals surface area contributed by atoms with Gasteiger partial charge in [-0.15, -0.1) is 0 Å². The van der Waals surface area contributed by atoms with Crippen LogP contribution in [0.15, 0.2) is 24.5 Å². The predicted molar refractivity (Wildman–Crippen MR) is 126 cm³/mol. The zero-order valence-electron chi connectivity index (χ0n) is 18.6. The van der Waals surface area contributed by atoms with Gasteiger partial charge in [-0.1, -0.05) is 29.6 Å². The van der Waals surface area contributed by atoms with Gasteiger partial charge in [-0.2, -0.15) is 0 Å². The van der Waals surface area contributed by atoms with Crippen LogP contribution in [0.25, 0.3) is 0 Å². The smallest absolute Gasteiger partial charge is 0.167 e. The molecule has 0 bridgehead atoms. The van der Waals surface area contributed by atoms with Crippen LogP contribution in [-0.2, 0) is 17.6 Å². The van der Waals surface area contributed by atoms with E-state index in [9.17, 15) is 9.59 Å². The highest BCUT2D eigenvalue weighted by Gasteiger charge is 2.23. The van der Waals surface area contributed by atoms with Crippen LogP contribution in [0.1, 0.15) is 66.9 Å². The highest BCUT2D eigenvalue weighted by Crippen LogP contribution is 2.37. The van der Waals surface area contributed by atoms with E-state index in [1.54, 1.807) is 26.2 Å². The second-order valence-electron chi connectivity index (χ2n) is 8.29. The second kappa shape index (κ2) is 11.7.